The van der Waals surface area contributed by atoms with E-state index in [2.05, 4.69) is 10.0 Å². The molecule has 1 aromatic carbocycles. The van der Waals surface area contributed by atoms with Crippen molar-refractivity contribution in [3.8, 4) is 0 Å². The molecule has 1 unspecified atom stereocenters. The predicted octanol–water partition coefficient (Wildman–Crippen LogP) is 2.31. The van der Waals surface area contributed by atoms with E-state index < -0.39 is 17.7 Å². The van der Waals surface area contributed by atoms with Gasteiger partial charge in [0.25, 0.3) is 0 Å². The number of benzene rings is 1. The van der Waals surface area contributed by atoms with E-state index in [1.807, 2.05) is 0 Å². The predicted molar refractivity (Wildman–Crippen MR) is 45.3 cm³/mol. The molecule has 4 nitrogen and oxygen atoms in total. The van der Waals surface area contributed by atoms with Crippen LogP contribution in [0.1, 0.15) is 11.7 Å². The van der Waals surface area contributed by atoms with E-state index in [0.29, 0.717) is 0 Å². The van der Waals surface area contributed by atoms with Crippen molar-refractivity contribution in [2.24, 2.45) is 5.11 Å². The highest BCUT2D eigenvalue weighted by Crippen LogP contribution is 2.18. The molecule has 6 heteroatoms. The summed E-state index contributed by atoms with van der Waals surface area (Å²) in [6, 6.07) is 2.72. The topological polar surface area (TPSA) is 69.0 Å². The lowest BCUT2D eigenvalue weighted by Crippen LogP contribution is -2.04. The van der Waals surface area contributed by atoms with Crippen LogP contribution in [0.5, 0.6) is 0 Å². The minimum Gasteiger partial charge on any atom is -0.388 e. The first kappa shape index (κ1) is 10.4. The van der Waals surface area contributed by atoms with Crippen molar-refractivity contribution in [1.29, 1.82) is 0 Å². The third kappa shape index (κ3) is 2.42. The molecule has 0 saturated heterocycles. The van der Waals surface area contributed by atoms with Crippen molar-refractivity contribution in [1.82, 2.24) is 0 Å². The summed E-state index contributed by atoms with van der Waals surface area (Å²) in [4.78, 5) is 2.40. The molecule has 0 aromatic heterocycles. The zero-order valence-corrected chi connectivity index (χ0v) is 7.06. The fourth-order valence-corrected chi connectivity index (χ4v) is 0.982. The SMILES string of the molecule is [N-]=[N+]=NCC(O)c1cc(F)ccc1F. The van der Waals surface area contributed by atoms with Gasteiger partial charge in [-0.05, 0) is 23.7 Å². The van der Waals surface area contributed by atoms with Gasteiger partial charge >= 0.3 is 0 Å². The van der Waals surface area contributed by atoms with E-state index in [-0.39, 0.29) is 12.1 Å². The molecule has 74 valence electrons. The Morgan fingerprint density at radius 2 is 2.21 bits per heavy atom. The molecule has 0 bridgehead atoms. The molecule has 1 atom stereocenters. The number of halogens is 2. The third-order valence-corrected chi connectivity index (χ3v) is 1.63. The molecule has 1 rings (SSSR count). The molecule has 0 aliphatic heterocycles. The molecule has 0 radical (unpaired) electrons. The van der Waals surface area contributed by atoms with Crippen molar-refractivity contribution in [3.05, 3.63) is 45.8 Å². The second-order valence-electron chi connectivity index (χ2n) is 2.60. The minimum atomic E-state index is -1.32. The summed E-state index contributed by atoms with van der Waals surface area (Å²) in [5.41, 5.74) is 7.75. The Labute approximate surface area is 78.4 Å². The van der Waals surface area contributed by atoms with Gasteiger partial charge in [0, 0.05) is 10.5 Å². The van der Waals surface area contributed by atoms with Crippen LogP contribution in [-0.4, -0.2) is 11.7 Å². The summed E-state index contributed by atoms with van der Waals surface area (Å²) in [7, 11) is 0. The van der Waals surface area contributed by atoms with E-state index in [0.717, 1.165) is 18.2 Å². The van der Waals surface area contributed by atoms with Crippen LogP contribution in [0.2, 0.25) is 0 Å². The number of rotatable bonds is 3. The molecule has 1 N–H and O–H groups in total. The quantitative estimate of drug-likeness (QED) is 0.453. The lowest BCUT2D eigenvalue weighted by Gasteiger charge is -2.08. The molecule has 0 spiro atoms. The standard InChI is InChI=1S/C8H7F2N3O/c9-5-1-2-7(10)6(3-5)8(14)4-12-13-11/h1-3,8,14H,4H2. The van der Waals surface area contributed by atoms with Crippen LogP contribution in [0.15, 0.2) is 23.3 Å². The Morgan fingerprint density at radius 3 is 2.86 bits per heavy atom. The van der Waals surface area contributed by atoms with Gasteiger partial charge in [-0.1, -0.05) is 5.11 Å². The average molecular weight is 199 g/mol. The van der Waals surface area contributed by atoms with Gasteiger partial charge < -0.3 is 5.11 Å². The smallest absolute Gasteiger partial charge is 0.129 e. The average Bonchev–Trinajstić information content (AvgIpc) is 2.18. The molecular weight excluding hydrogens is 192 g/mol. The summed E-state index contributed by atoms with van der Waals surface area (Å²) in [5, 5.41) is 12.3. The summed E-state index contributed by atoms with van der Waals surface area (Å²) in [6.45, 7) is -0.323. The Balaban J connectivity index is 2.93. The van der Waals surface area contributed by atoms with Crippen molar-refractivity contribution < 1.29 is 13.9 Å². The highest BCUT2D eigenvalue weighted by atomic mass is 19.1. The molecule has 1 aromatic rings. The Bertz CT molecular complexity index is 377. The van der Waals surface area contributed by atoms with Crippen LogP contribution in [-0.2, 0) is 0 Å². The van der Waals surface area contributed by atoms with Gasteiger partial charge in [-0.25, -0.2) is 8.78 Å². The van der Waals surface area contributed by atoms with E-state index >= 15 is 0 Å². The fourth-order valence-electron chi connectivity index (χ4n) is 0.982. The van der Waals surface area contributed by atoms with Gasteiger partial charge in [0.05, 0.1) is 12.6 Å². The summed E-state index contributed by atoms with van der Waals surface area (Å²) in [6.07, 6.45) is -1.32. The number of hydrogen-bond donors (Lipinski definition) is 1. The van der Waals surface area contributed by atoms with Gasteiger partial charge in [-0.2, -0.15) is 0 Å². The first-order valence-electron chi connectivity index (χ1n) is 3.79. The Hall–Kier alpha value is -1.65. The summed E-state index contributed by atoms with van der Waals surface area (Å²) in [5.74, 6) is -1.38. The van der Waals surface area contributed by atoms with Crippen LogP contribution in [0.25, 0.3) is 10.4 Å². The molecule has 0 aliphatic rings. The van der Waals surface area contributed by atoms with Crippen LogP contribution >= 0.6 is 0 Å². The van der Waals surface area contributed by atoms with Gasteiger partial charge in [0.2, 0.25) is 0 Å². The number of hydrogen-bond acceptors (Lipinski definition) is 2. The maximum atomic E-state index is 13.0. The molecular formula is C8H7F2N3O. The van der Waals surface area contributed by atoms with Crippen LogP contribution in [0, 0.1) is 11.6 Å². The summed E-state index contributed by atoms with van der Waals surface area (Å²) < 4.78 is 25.6. The molecule has 0 heterocycles. The number of aliphatic hydroxyl groups excluding tert-OH is 1. The Morgan fingerprint density at radius 1 is 1.50 bits per heavy atom. The Kier molecular flexibility index (Phi) is 3.39. The van der Waals surface area contributed by atoms with E-state index in [9.17, 15) is 13.9 Å². The van der Waals surface area contributed by atoms with Gasteiger partial charge in [-0.3, -0.25) is 0 Å². The molecule has 14 heavy (non-hydrogen) atoms. The highest BCUT2D eigenvalue weighted by Gasteiger charge is 2.12. The maximum Gasteiger partial charge on any atom is 0.129 e. The fraction of sp³-hybridized carbons (Fsp3) is 0.250. The summed E-state index contributed by atoms with van der Waals surface area (Å²) >= 11 is 0. The number of aliphatic hydroxyl groups is 1. The van der Waals surface area contributed by atoms with Gasteiger partial charge in [0.15, 0.2) is 0 Å². The van der Waals surface area contributed by atoms with E-state index in [1.165, 1.54) is 0 Å². The number of nitrogens with zero attached hydrogens (tertiary/aromatic N) is 3. The van der Waals surface area contributed by atoms with Crippen molar-refractivity contribution >= 4 is 0 Å². The number of azide groups is 1. The van der Waals surface area contributed by atoms with Crippen LogP contribution in [0.4, 0.5) is 8.78 Å². The molecule has 0 aliphatic carbocycles. The molecule has 0 saturated carbocycles. The first-order valence-corrected chi connectivity index (χ1v) is 3.79. The molecule has 0 fully saturated rings. The van der Waals surface area contributed by atoms with Crippen LogP contribution in [0.3, 0.4) is 0 Å². The van der Waals surface area contributed by atoms with E-state index in [4.69, 9.17) is 5.53 Å². The zero-order valence-electron chi connectivity index (χ0n) is 7.06. The van der Waals surface area contributed by atoms with Crippen LogP contribution < -0.4 is 0 Å². The zero-order chi connectivity index (χ0) is 10.6. The molecule has 0 amide bonds. The minimum absolute atomic E-state index is 0.211. The lowest BCUT2D eigenvalue weighted by molar-refractivity contribution is 0.181. The second-order valence-corrected chi connectivity index (χ2v) is 2.60. The lowest BCUT2D eigenvalue weighted by atomic mass is 10.1. The largest absolute Gasteiger partial charge is 0.388 e. The normalized spacial score (nSPS) is 11.9. The first-order chi connectivity index (χ1) is 6.65. The maximum absolute atomic E-state index is 13.0. The monoisotopic (exact) mass is 199 g/mol. The second kappa shape index (κ2) is 4.55. The van der Waals surface area contributed by atoms with Crippen molar-refractivity contribution in [3.63, 3.8) is 0 Å². The van der Waals surface area contributed by atoms with Crippen molar-refractivity contribution in [2.75, 3.05) is 6.54 Å². The van der Waals surface area contributed by atoms with Gasteiger partial charge in [-0.15, -0.1) is 0 Å². The van der Waals surface area contributed by atoms with E-state index in [1.54, 1.807) is 0 Å². The third-order valence-electron chi connectivity index (χ3n) is 1.63. The van der Waals surface area contributed by atoms with Gasteiger partial charge in [0.1, 0.15) is 11.6 Å². The highest BCUT2D eigenvalue weighted by molar-refractivity contribution is 5.21. The van der Waals surface area contributed by atoms with Crippen molar-refractivity contribution in [2.45, 2.75) is 6.10 Å².